The normalized spacial score (nSPS) is 14.5. The third-order valence-corrected chi connectivity index (χ3v) is 4.63. The van der Waals surface area contributed by atoms with Gasteiger partial charge in [0.15, 0.2) is 0 Å². The van der Waals surface area contributed by atoms with E-state index in [4.69, 9.17) is 5.73 Å². The quantitative estimate of drug-likeness (QED) is 0.804. The van der Waals surface area contributed by atoms with Crippen LogP contribution >= 0.6 is 24.8 Å². The highest BCUT2D eigenvalue weighted by atomic mass is 35.5. The van der Waals surface area contributed by atoms with Crippen LogP contribution in [0.25, 0.3) is 0 Å². The van der Waals surface area contributed by atoms with E-state index in [1.54, 1.807) is 0 Å². The molecule has 1 saturated heterocycles. The highest BCUT2D eigenvalue weighted by molar-refractivity contribution is 5.85. The standard InChI is InChI=1S/C18H24N4O.2ClH/c19-17-5-2-1-4-16(17)6-7-18(23)21-12-8-15(9-13-21)14-22-11-3-10-20-22;;/h1-5,10-11,15H,6-9,12-14,19H2;2*1H. The Hall–Kier alpha value is -1.72. The summed E-state index contributed by atoms with van der Waals surface area (Å²) in [5, 5.41) is 4.26. The number of piperidine rings is 1. The van der Waals surface area contributed by atoms with Crippen molar-refractivity contribution in [2.24, 2.45) is 5.92 Å². The second-order valence-electron chi connectivity index (χ2n) is 6.25. The molecule has 1 aromatic heterocycles. The molecule has 0 radical (unpaired) electrons. The van der Waals surface area contributed by atoms with E-state index in [1.807, 2.05) is 52.3 Å². The monoisotopic (exact) mass is 384 g/mol. The lowest BCUT2D eigenvalue weighted by Crippen LogP contribution is -2.39. The maximum atomic E-state index is 12.4. The van der Waals surface area contributed by atoms with Crippen molar-refractivity contribution in [3.63, 3.8) is 0 Å². The summed E-state index contributed by atoms with van der Waals surface area (Å²) in [6.07, 6.45) is 7.19. The Morgan fingerprint density at radius 1 is 1.16 bits per heavy atom. The Morgan fingerprint density at radius 2 is 1.88 bits per heavy atom. The van der Waals surface area contributed by atoms with Crippen LogP contribution in [0, 0.1) is 5.92 Å². The van der Waals surface area contributed by atoms with E-state index in [-0.39, 0.29) is 30.7 Å². The van der Waals surface area contributed by atoms with Gasteiger partial charge in [0.2, 0.25) is 5.91 Å². The number of nitrogens with two attached hydrogens (primary N) is 1. The van der Waals surface area contributed by atoms with Gasteiger partial charge in [0.05, 0.1) is 0 Å². The molecule has 25 heavy (non-hydrogen) atoms. The summed E-state index contributed by atoms with van der Waals surface area (Å²) >= 11 is 0. The SMILES string of the molecule is Cl.Cl.Nc1ccccc1CCC(=O)N1CCC(Cn2cccn2)CC1. The van der Waals surface area contributed by atoms with Gasteiger partial charge in [-0.1, -0.05) is 18.2 Å². The number of hydrogen-bond acceptors (Lipinski definition) is 3. The lowest BCUT2D eigenvalue weighted by atomic mass is 9.96. The molecule has 7 heteroatoms. The van der Waals surface area contributed by atoms with Gasteiger partial charge in [0.25, 0.3) is 0 Å². The van der Waals surface area contributed by atoms with E-state index in [0.717, 1.165) is 50.1 Å². The summed E-state index contributed by atoms with van der Waals surface area (Å²) in [6, 6.07) is 9.73. The molecule has 1 fully saturated rings. The van der Waals surface area contributed by atoms with Gasteiger partial charge >= 0.3 is 0 Å². The summed E-state index contributed by atoms with van der Waals surface area (Å²) < 4.78 is 1.99. The van der Waals surface area contributed by atoms with Crippen molar-refractivity contribution in [3.8, 4) is 0 Å². The molecule has 0 spiro atoms. The first kappa shape index (κ1) is 21.3. The molecule has 1 aliphatic heterocycles. The third kappa shape index (κ3) is 5.94. The summed E-state index contributed by atoms with van der Waals surface area (Å²) in [5.74, 6) is 0.856. The van der Waals surface area contributed by atoms with Gasteiger partial charge in [-0.2, -0.15) is 5.10 Å². The van der Waals surface area contributed by atoms with Crippen molar-refractivity contribution in [3.05, 3.63) is 48.3 Å². The maximum absolute atomic E-state index is 12.4. The lowest BCUT2D eigenvalue weighted by molar-refractivity contribution is -0.132. The zero-order valence-corrected chi connectivity index (χ0v) is 15.8. The largest absolute Gasteiger partial charge is 0.399 e. The number of likely N-dealkylation sites (tertiary alicyclic amines) is 1. The zero-order valence-electron chi connectivity index (χ0n) is 14.2. The molecule has 2 heterocycles. The van der Waals surface area contributed by atoms with E-state index < -0.39 is 0 Å². The first-order valence-electron chi connectivity index (χ1n) is 8.31. The summed E-state index contributed by atoms with van der Waals surface area (Å²) in [7, 11) is 0. The molecule has 1 aliphatic rings. The maximum Gasteiger partial charge on any atom is 0.222 e. The zero-order chi connectivity index (χ0) is 16.1. The minimum atomic E-state index is 0. The number of nitrogen functional groups attached to an aromatic ring is 1. The Balaban J connectivity index is 0.00000156. The Bertz CT molecular complexity index is 640. The van der Waals surface area contributed by atoms with Crippen molar-refractivity contribution in [1.82, 2.24) is 14.7 Å². The van der Waals surface area contributed by atoms with E-state index in [0.29, 0.717) is 12.3 Å². The van der Waals surface area contributed by atoms with Gasteiger partial charge < -0.3 is 10.6 Å². The number of amides is 1. The van der Waals surface area contributed by atoms with Crippen molar-refractivity contribution >= 4 is 36.4 Å². The molecule has 3 rings (SSSR count). The minimum absolute atomic E-state index is 0. The Morgan fingerprint density at radius 3 is 2.52 bits per heavy atom. The number of halogens is 2. The topological polar surface area (TPSA) is 64.2 Å². The summed E-state index contributed by atoms with van der Waals surface area (Å²) in [6.45, 7) is 2.67. The van der Waals surface area contributed by atoms with Crippen LogP contribution in [0.4, 0.5) is 5.69 Å². The van der Waals surface area contributed by atoms with Gasteiger partial charge in [0, 0.05) is 44.1 Å². The first-order chi connectivity index (χ1) is 11.2. The van der Waals surface area contributed by atoms with Crippen LogP contribution < -0.4 is 5.73 Å². The predicted octanol–water partition coefficient (Wildman–Crippen LogP) is 3.18. The fourth-order valence-electron chi connectivity index (χ4n) is 3.20. The Kier molecular flexibility index (Phi) is 8.79. The molecule has 0 saturated carbocycles. The number of rotatable bonds is 5. The first-order valence-corrected chi connectivity index (χ1v) is 8.31. The number of aryl methyl sites for hydroxylation is 1. The van der Waals surface area contributed by atoms with Crippen molar-refractivity contribution in [2.75, 3.05) is 18.8 Å². The van der Waals surface area contributed by atoms with E-state index in [1.165, 1.54) is 0 Å². The second-order valence-corrected chi connectivity index (χ2v) is 6.25. The van der Waals surface area contributed by atoms with E-state index in [9.17, 15) is 4.79 Å². The van der Waals surface area contributed by atoms with E-state index in [2.05, 4.69) is 5.10 Å². The molecule has 0 bridgehead atoms. The molecule has 5 nitrogen and oxygen atoms in total. The molecule has 0 unspecified atom stereocenters. The lowest BCUT2D eigenvalue weighted by Gasteiger charge is -2.32. The van der Waals surface area contributed by atoms with Crippen LogP contribution in [-0.4, -0.2) is 33.7 Å². The summed E-state index contributed by atoms with van der Waals surface area (Å²) in [5.41, 5.74) is 7.78. The average Bonchev–Trinajstić information content (AvgIpc) is 3.07. The number of anilines is 1. The van der Waals surface area contributed by atoms with Gasteiger partial charge in [0.1, 0.15) is 0 Å². The van der Waals surface area contributed by atoms with E-state index >= 15 is 0 Å². The molecule has 138 valence electrons. The van der Waals surface area contributed by atoms with Gasteiger partial charge in [-0.25, -0.2) is 0 Å². The molecule has 1 amide bonds. The number of carbonyl (C=O) groups excluding carboxylic acids is 1. The van der Waals surface area contributed by atoms with Crippen LogP contribution in [0.1, 0.15) is 24.8 Å². The third-order valence-electron chi connectivity index (χ3n) is 4.63. The van der Waals surface area contributed by atoms with Gasteiger partial charge in [-0.15, -0.1) is 24.8 Å². The predicted molar refractivity (Wildman–Crippen MR) is 105 cm³/mol. The molecular formula is C18H26Cl2N4O. The molecule has 1 aromatic carbocycles. The van der Waals surface area contributed by atoms with Crippen molar-refractivity contribution in [1.29, 1.82) is 0 Å². The molecule has 2 aromatic rings. The van der Waals surface area contributed by atoms with Gasteiger partial charge in [-0.05, 0) is 42.9 Å². The highest BCUT2D eigenvalue weighted by Gasteiger charge is 2.22. The molecule has 2 N–H and O–H groups in total. The fraction of sp³-hybridized carbons (Fsp3) is 0.444. The minimum Gasteiger partial charge on any atom is -0.399 e. The van der Waals surface area contributed by atoms with Crippen LogP contribution in [-0.2, 0) is 17.8 Å². The number of para-hydroxylation sites is 1. The van der Waals surface area contributed by atoms with Crippen LogP contribution in [0.5, 0.6) is 0 Å². The van der Waals surface area contributed by atoms with Gasteiger partial charge in [-0.3, -0.25) is 9.48 Å². The Labute approximate surface area is 161 Å². The van der Waals surface area contributed by atoms with Crippen molar-refractivity contribution in [2.45, 2.75) is 32.2 Å². The fourth-order valence-corrected chi connectivity index (χ4v) is 3.20. The molecule has 0 atom stereocenters. The van der Waals surface area contributed by atoms with Crippen molar-refractivity contribution < 1.29 is 4.79 Å². The highest BCUT2D eigenvalue weighted by Crippen LogP contribution is 2.20. The number of nitrogens with zero attached hydrogens (tertiary/aromatic N) is 3. The average molecular weight is 385 g/mol. The van der Waals surface area contributed by atoms with Crippen LogP contribution in [0.15, 0.2) is 42.7 Å². The number of hydrogen-bond donors (Lipinski definition) is 1. The molecular weight excluding hydrogens is 359 g/mol. The van der Waals surface area contributed by atoms with Crippen LogP contribution in [0.2, 0.25) is 0 Å². The smallest absolute Gasteiger partial charge is 0.222 e. The number of benzene rings is 1. The van der Waals surface area contributed by atoms with Crippen LogP contribution in [0.3, 0.4) is 0 Å². The summed E-state index contributed by atoms with van der Waals surface area (Å²) in [4.78, 5) is 14.4. The number of carbonyl (C=O) groups is 1. The number of aromatic nitrogens is 2. The molecule has 0 aliphatic carbocycles. The second kappa shape index (κ2) is 10.3.